The van der Waals surface area contributed by atoms with Gasteiger partial charge in [-0.2, -0.15) is 0 Å². The topological polar surface area (TPSA) is 35.2 Å². The van der Waals surface area contributed by atoms with Gasteiger partial charge in [-0.1, -0.05) is 18.5 Å². The summed E-state index contributed by atoms with van der Waals surface area (Å²) in [6, 6.07) is 5.51. The Morgan fingerprint density at radius 3 is 2.77 bits per heavy atom. The molecule has 0 saturated heterocycles. The van der Waals surface area contributed by atoms with Gasteiger partial charge in [0.15, 0.2) is 0 Å². The Morgan fingerprint density at radius 2 is 2.23 bits per heavy atom. The van der Waals surface area contributed by atoms with Crippen molar-refractivity contribution in [2.45, 2.75) is 19.4 Å². The van der Waals surface area contributed by atoms with E-state index in [-0.39, 0.29) is 6.04 Å². The van der Waals surface area contributed by atoms with E-state index in [2.05, 4.69) is 0 Å². The van der Waals surface area contributed by atoms with Crippen molar-refractivity contribution in [1.82, 2.24) is 0 Å². The minimum Gasteiger partial charge on any atom is -0.497 e. The lowest BCUT2D eigenvalue weighted by molar-refractivity contribution is 0.413. The highest BCUT2D eigenvalue weighted by Gasteiger charge is 2.08. The number of ether oxygens (including phenoxy) is 1. The monoisotopic (exact) mass is 199 g/mol. The quantitative estimate of drug-likeness (QED) is 0.813. The van der Waals surface area contributed by atoms with Crippen molar-refractivity contribution >= 4 is 11.6 Å². The van der Waals surface area contributed by atoms with Crippen molar-refractivity contribution in [3.8, 4) is 5.75 Å². The third-order valence-corrected chi connectivity index (χ3v) is 2.39. The molecule has 1 rings (SSSR count). The van der Waals surface area contributed by atoms with E-state index in [0.29, 0.717) is 5.02 Å². The smallest absolute Gasteiger partial charge is 0.119 e. The third-order valence-electron chi connectivity index (χ3n) is 2.04. The second-order valence-corrected chi connectivity index (χ2v) is 3.31. The van der Waals surface area contributed by atoms with Gasteiger partial charge < -0.3 is 10.5 Å². The predicted octanol–water partition coefficient (Wildman–Crippen LogP) is 2.76. The number of rotatable bonds is 3. The number of nitrogens with two attached hydrogens (primary N) is 1. The summed E-state index contributed by atoms with van der Waals surface area (Å²) in [7, 11) is 1.63. The van der Waals surface area contributed by atoms with Crippen LogP contribution in [0, 0.1) is 0 Å². The van der Waals surface area contributed by atoms with E-state index in [1.54, 1.807) is 7.11 Å². The molecule has 72 valence electrons. The van der Waals surface area contributed by atoms with Crippen LogP contribution in [0.2, 0.25) is 5.02 Å². The van der Waals surface area contributed by atoms with Gasteiger partial charge in [-0.05, 0) is 30.2 Å². The first-order valence-electron chi connectivity index (χ1n) is 4.28. The molecule has 0 bridgehead atoms. The first kappa shape index (κ1) is 10.4. The molecular weight excluding hydrogens is 186 g/mol. The molecule has 0 spiro atoms. The van der Waals surface area contributed by atoms with E-state index in [1.165, 1.54) is 0 Å². The Bertz CT molecular complexity index is 288. The summed E-state index contributed by atoms with van der Waals surface area (Å²) in [6.45, 7) is 2.03. The van der Waals surface area contributed by atoms with Gasteiger partial charge in [0, 0.05) is 11.1 Å². The lowest BCUT2D eigenvalue weighted by atomic mass is 10.1. The Labute approximate surface area is 83.6 Å². The SMILES string of the molecule is CC[C@@H](N)c1cc(OC)ccc1Cl. The van der Waals surface area contributed by atoms with Crippen molar-refractivity contribution in [2.24, 2.45) is 5.73 Å². The van der Waals surface area contributed by atoms with Gasteiger partial charge in [0.25, 0.3) is 0 Å². The Hall–Kier alpha value is -0.730. The summed E-state index contributed by atoms with van der Waals surface area (Å²) in [5.74, 6) is 0.795. The molecule has 1 aromatic rings. The number of methoxy groups -OCH3 is 1. The molecule has 0 radical (unpaired) electrons. The standard InChI is InChI=1S/C10H14ClNO/c1-3-10(12)8-6-7(13-2)4-5-9(8)11/h4-6,10H,3,12H2,1-2H3/t10-/m1/s1. The molecule has 0 aliphatic heterocycles. The summed E-state index contributed by atoms with van der Waals surface area (Å²) in [6.07, 6.45) is 0.868. The first-order chi connectivity index (χ1) is 6.19. The molecule has 2 nitrogen and oxygen atoms in total. The van der Waals surface area contributed by atoms with E-state index >= 15 is 0 Å². The van der Waals surface area contributed by atoms with E-state index in [0.717, 1.165) is 17.7 Å². The highest BCUT2D eigenvalue weighted by molar-refractivity contribution is 6.31. The molecule has 1 atom stereocenters. The minimum atomic E-state index is -0.0115. The van der Waals surface area contributed by atoms with Gasteiger partial charge in [-0.25, -0.2) is 0 Å². The average molecular weight is 200 g/mol. The molecule has 0 unspecified atom stereocenters. The van der Waals surface area contributed by atoms with E-state index in [4.69, 9.17) is 22.1 Å². The molecule has 0 amide bonds. The molecule has 0 fully saturated rings. The summed E-state index contributed by atoms with van der Waals surface area (Å²) in [5.41, 5.74) is 6.83. The number of benzene rings is 1. The first-order valence-corrected chi connectivity index (χ1v) is 4.65. The highest BCUT2D eigenvalue weighted by Crippen LogP contribution is 2.27. The van der Waals surface area contributed by atoms with Crippen LogP contribution in [0.25, 0.3) is 0 Å². The summed E-state index contributed by atoms with van der Waals surface area (Å²) >= 11 is 5.99. The van der Waals surface area contributed by atoms with Crippen LogP contribution in [0.15, 0.2) is 18.2 Å². The van der Waals surface area contributed by atoms with Crippen molar-refractivity contribution in [3.05, 3.63) is 28.8 Å². The van der Waals surface area contributed by atoms with Gasteiger partial charge >= 0.3 is 0 Å². The fourth-order valence-electron chi connectivity index (χ4n) is 1.15. The Balaban J connectivity index is 3.03. The Morgan fingerprint density at radius 1 is 1.54 bits per heavy atom. The zero-order valence-corrected chi connectivity index (χ0v) is 8.64. The molecule has 0 saturated carbocycles. The van der Waals surface area contributed by atoms with Crippen LogP contribution in [-0.2, 0) is 0 Å². The molecule has 0 heterocycles. The molecule has 1 aromatic carbocycles. The maximum Gasteiger partial charge on any atom is 0.119 e. The zero-order chi connectivity index (χ0) is 9.84. The summed E-state index contributed by atoms with van der Waals surface area (Å²) in [4.78, 5) is 0. The normalized spacial score (nSPS) is 12.6. The number of hydrogen-bond acceptors (Lipinski definition) is 2. The van der Waals surface area contributed by atoms with Gasteiger partial charge in [0.2, 0.25) is 0 Å². The number of halogens is 1. The van der Waals surface area contributed by atoms with Crippen LogP contribution in [0.3, 0.4) is 0 Å². The fourth-order valence-corrected chi connectivity index (χ4v) is 1.41. The second kappa shape index (κ2) is 4.49. The molecular formula is C10H14ClNO. The molecule has 2 N–H and O–H groups in total. The molecule has 13 heavy (non-hydrogen) atoms. The highest BCUT2D eigenvalue weighted by atomic mass is 35.5. The van der Waals surface area contributed by atoms with Crippen LogP contribution in [0.1, 0.15) is 24.9 Å². The van der Waals surface area contributed by atoms with Gasteiger partial charge in [0.1, 0.15) is 5.75 Å². The minimum absolute atomic E-state index is 0.0115. The summed E-state index contributed by atoms with van der Waals surface area (Å²) < 4.78 is 5.09. The largest absolute Gasteiger partial charge is 0.497 e. The fraction of sp³-hybridized carbons (Fsp3) is 0.400. The lowest BCUT2D eigenvalue weighted by Gasteiger charge is -2.12. The van der Waals surface area contributed by atoms with Gasteiger partial charge in [0.05, 0.1) is 7.11 Å². The van der Waals surface area contributed by atoms with Crippen LogP contribution in [-0.4, -0.2) is 7.11 Å². The van der Waals surface area contributed by atoms with Crippen LogP contribution >= 0.6 is 11.6 Å². The predicted molar refractivity (Wildman–Crippen MR) is 55.2 cm³/mol. The maximum absolute atomic E-state index is 5.99. The van der Waals surface area contributed by atoms with Crippen LogP contribution < -0.4 is 10.5 Å². The van der Waals surface area contributed by atoms with Crippen LogP contribution in [0.4, 0.5) is 0 Å². The maximum atomic E-state index is 5.99. The molecule has 3 heteroatoms. The third kappa shape index (κ3) is 2.36. The van der Waals surface area contributed by atoms with Gasteiger partial charge in [-0.3, -0.25) is 0 Å². The van der Waals surface area contributed by atoms with Crippen molar-refractivity contribution in [2.75, 3.05) is 7.11 Å². The van der Waals surface area contributed by atoms with E-state index < -0.39 is 0 Å². The zero-order valence-electron chi connectivity index (χ0n) is 7.88. The molecule has 0 aromatic heterocycles. The van der Waals surface area contributed by atoms with Crippen molar-refractivity contribution in [1.29, 1.82) is 0 Å². The lowest BCUT2D eigenvalue weighted by Crippen LogP contribution is -2.09. The second-order valence-electron chi connectivity index (χ2n) is 2.90. The molecule has 0 aliphatic carbocycles. The molecule has 0 aliphatic rings. The number of hydrogen-bond donors (Lipinski definition) is 1. The van der Waals surface area contributed by atoms with Crippen molar-refractivity contribution in [3.63, 3.8) is 0 Å². The van der Waals surface area contributed by atoms with Crippen molar-refractivity contribution < 1.29 is 4.74 Å². The average Bonchev–Trinajstić information content (AvgIpc) is 2.17. The van der Waals surface area contributed by atoms with Gasteiger partial charge in [-0.15, -0.1) is 0 Å². The van der Waals surface area contributed by atoms with E-state index in [1.807, 2.05) is 25.1 Å². The van der Waals surface area contributed by atoms with Crippen LogP contribution in [0.5, 0.6) is 5.75 Å². The van der Waals surface area contributed by atoms with E-state index in [9.17, 15) is 0 Å². The Kier molecular flexibility index (Phi) is 3.58. The summed E-state index contributed by atoms with van der Waals surface area (Å²) in [5, 5.41) is 0.704.